The molecule has 20 heavy (non-hydrogen) atoms. The first-order valence-corrected chi connectivity index (χ1v) is 5.94. The highest BCUT2D eigenvalue weighted by atomic mass is 16.6. The van der Waals surface area contributed by atoms with Crippen molar-refractivity contribution in [3.05, 3.63) is 46.0 Å². The van der Waals surface area contributed by atoms with Crippen LogP contribution in [0.25, 0.3) is 0 Å². The van der Waals surface area contributed by atoms with Gasteiger partial charge in [-0.05, 0) is 12.5 Å². The number of benzene rings is 1. The lowest BCUT2D eigenvalue weighted by molar-refractivity contribution is -0.384. The highest BCUT2D eigenvalue weighted by Gasteiger charge is 2.23. The van der Waals surface area contributed by atoms with E-state index in [0.717, 1.165) is 6.07 Å². The number of nitrogens with two attached hydrogens (primary N) is 1. The Morgan fingerprint density at radius 2 is 2.25 bits per heavy atom. The van der Waals surface area contributed by atoms with Crippen LogP contribution in [0.15, 0.2) is 30.4 Å². The molecule has 0 saturated heterocycles. The summed E-state index contributed by atoms with van der Waals surface area (Å²) in [6.45, 7) is 0. The quantitative estimate of drug-likeness (QED) is 0.488. The molecule has 7 heteroatoms. The maximum absolute atomic E-state index is 12.0. The number of rotatable bonds is 3. The zero-order chi connectivity index (χ0) is 14.7. The molecule has 0 fully saturated rings. The van der Waals surface area contributed by atoms with Crippen molar-refractivity contribution in [2.24, 2.45) is 11.7 Å². The van der Waals surface area contributed by atoms with E-state index in [1.165, 1.54) is 12.1 Å². The summed E-state index contributed by atoms with van der Waals surface area (Å²) in [5.41, 5.74) is 5.79. The third-order valence-corrected chi connectivity index (χ3v) is 3.05. The summed E-state index contributed by atoms with van der Waals surface area (Å²) >= 11 is 0. The van der Waals surface area contributed by atoms with Crippen molar-refractivity contribution in [1.82, 2.24) is 0 Å². The molecule has 2 rings (SSSR count). The van der Waals surface area contributed by atoms with Crippen molar-refractivity contribution < 1.29 is 9.72 Å². The molecule has 0 aromatic heterocycles. The highest BCUT2D eigenvalue weighted by Crippen LogP contribution is 2.24. The summed E-state index contributed by atoms with van der Waals surface area (Å²) in [6, 6.07) is 5.42. The standard InChI is InChI=1S/C13H12N4O3/c14-7-9-6-11(17(19)20)3-4-12(9)16-13(18)8-1-2-10(15)5-8/h1-4,6,8,10H,5,15H2,(H,16,18). The minimum atomic E-state index is -0.592. The molecule has 0 heterocycles. The Morgan fingerprint density at radius 1 is 1.50 bits per heavy atom. The lowest BCUT2D eigenvalue weighted by atomic mass is 10.1. The molecule has 102 valence electrons. The van der Waals surface area contributed by atoms with Gasteiger partial charge in [0.15, 0.2) is 0 Å². The maximum Gasteiger partial charge on any atom is 0.270 e. The van der Waals surface area contributed by atoms with E-state index in [0.29, 0.717) is 6.42 Å². The number of amides is 1. The monoisotopic (exact) mass is 272 g/mol. The van der Waals surface area contributed by atoms with Gasteiger partial charge in [-0.15, -0.1) is 0 Å². The number of hydrogen-bond donors (Lipinski definition) is 2. The van der Waals surface area contributed by atoms with E-state index in [4.69, 9.17) is 11.0 Å². The molecular weight excluding hydrogens is 260 g/mol. The van der Waals surface area contributed by atoms with Crippen LogP contribution in [-0.2, 0) is 4.79 Å². The number of nitrogens with one attached hydrogen (secondary N) is 1. The Hall–Kier alpha value is -2.72. The second-order valence-electron chi connectivity index (χ2n) is 4.48. The normalized spacial score (nSPS) is 20.4. The van der Waals surface area contributed by atoms with Crippen LogP contribution in [0.4, 0.5) is 11.4 Å². The Balaban J connectivity index is 2.17. The smallest absolute Gasteiger partial charge is 0.270 e. The van der Waals surface area contributed by atoms with Gasteiger partial charge in [0.2, 0.25) is 5.91 Å². The predicted molar refractivity (Wildman–Crippen MR) is 71.7 cm³/mol. The van der Waals surface area contributed by atoms with Crippen molar-refractivity contribution in [3.8, 4) is 6.07 Å². The first-order valence-electron chi connectivity index (χ1n) is 5.94. The van der Waals surface area contributed by atoms with Gasteiger partial charge < -0.3 is 11.1 Å². The van der Waals surface area contributed by atoms with E-state index in [1.807, 2.05) is 6.07 Å². The molecule has 0 bridgehead atoms. The summed E-state index contributed by atoms with van der Waals surface area (Å²) in [6.07, 6.45) is 3.99. The van der Waals surface area contributed by atoms with Gasteiger partial charge in [0.25, 0.3) is 5.69 Å². The van der Waals surface area contributed by atoms with Crippen LogP contribution < -0.4 is 11.1 Å². The predicted octanol–water partition coefficient (Wildman–Crippen LogP) is 1.31. The van der Waals surface area contributed by atoms with Gasteiger partial charge in [-0.1, -0.05) is 12.2 Å². The van der Waals surface area contributed by atoms with Crippen LogP contribution >= 0.6 is 0 Å². The number of hydrogen-bond acceptors (Lipinski definition) is 5. The second-order valence-corrected chi connectivity index (χ2v) is 4.48. The van der Waals surface area contributed by atoms with Gasteiger partial charge in [0.05, 0.1) is 22.1 Å². The van der Waals surface area contributed by atoms with Crippen LogP contribution in [-0.4, -0.2) is 16.9 Å². The fraction of sp³-hybridized carbons (Fsp3) is 0.231. The van der Waals surface area contributed by atoms with Crippen molar-refractivity contribution in [2.45, 2.75) is 12.5 Å². The third kappa shape index (κ3) is 2.81. The van der Waals surface area contributed by atoms with Crippen LogP contribution in [0.3, 0.4) is 0 Å². The Bertz CT molecular complexity index is 633. The van der Waals surface area contributed by atoms with E-state index in [2.05, 4.69) is 5.32 Å². The zero-order valence-electron chi connectivity index (χ0n) is 10.4. The summed E-state index contributed by atoms with van der Waals surface area (Å²) in [4.78, 5) is 22.0. The average molecular weight is 272 g/mol. The Kier molecular flexibility index (Phi) is 3.77. The third-order valence-electron chi connectivity index (χ3n) is 3.05. The number of nitrogens with zero attached hydrogens (tertiary/aromatic N) is 2. The summed E-state index contributed by atoms with van der Waals surface area (Å²) in [5.74, 6) is -0.619. The van der Waals surface area contributed by atoms with Gasteiger partial charge in [-0.25, -0.2) is 0 Å². The molecule has 1 aromatic carbocycles. The summed E-state index contributed by atoms with van der Waals surface area (Å²) in [7, 11) is 0. The molecule has 1 aliphatic carbocycles. The Morgan fingerprint density at radius 3 is 2.80 bits per heavy atom. The van der Waals surface area contributed by atoms with E-state index in [9.17, 15) is 14.9 Å². The molecule has 1 amide bonds. The molecule has 7 nitrogen and oxygen atoms in total. The number of non-ortho nitro benzene ring substituents is 1. The minimum Gasteiger partial charge on any atom is -0.324 e. The summed E-state index contributed by atoms with van der Waals surface area (Å²) in [5, 5.41) is 22.2. The highest BCUT2D eigenvalue weighted by molar-refractivity contribution is 5.95. The number of nitro benzene ring substituents is 1. The van der Waals surface area contributed by atoms with Crippen molar-refractivity contribution in [1.29, 1.82) is 5.26 Å². The topological polar surface area (TPSA) is 122 Å². The SMILES string of the molecule is N#Cc1cc([N+](=O)[O-])ccc1NC(=O)C1C=CC(N)C1. The second kappa shape index (κ2) is 5.50. The molecule has 0 aliphatic heterocycles. The minimum absolute atomic E-state index is 0.0545. The van der Waals surface area contributed by atoms with E-state index >= 15 is 0 Å². The van der Waals surface area contributed by atoms with E-state index in [-0.39, 0.29) is 34.8 Å². The van der Waals surface area contributed by atoms with Gasteiger partial charge in [0.1, 0.15) is 6.07 Å². The van der Waals surface area contributed by atoms with Crippen LogP contribution in [0.1, 0.15) is 12.0 Å². The average Bonchev–Trinajstić information content (AvgIpc) is 2.85. The molecule has 2 unspecified atom stereocenters. The lowest BCUT2D eigenvalue weighted by Gasteiger charge is -2.11. The number of carbonyl (C=O) groups excluding carboxylic acids is 1. The van der Waals surface area contributed by atoms with Gasteiger partial charge >= 0.3 is 0 Å². The van der Waals surface area contributed by atoms with E-state index in [1.54, 1.807) is 12.2 Å². The molecule has 2 atom stereocenters. The van der Waals surface area contributed by atoms with E-state index < -0.39 is 4.92 Å². The van der Waals surface area contributed by atoms with Gasteiger partial charge in [-0.2, -0.15) is 5.26 Å². The van der Waals surface area contributed by atoms with Crippen LogP contribution in [0.2, 0.25) is 0 Å². The molecule has 1 aliphatic rings. The Labute approximate surface area is 114 Å². The molecule has 0 radical (unpaired) electrons. The fourth-order valence-electron chi connectivity index (χ4n) is 1.99. The number of nitriles is 1. The zero-order valence-corrected chi connectivity index (χ0v) is 10.4. The molecular formula is C13H12N4O3. The molecule has 1 aromatic rings. The summed E-state index contributed by atoms with van der Waals surface area (Å²) < 4.78 is 0. The first kappa shape index (κ1) is 13.7. The number of anilines is 1. The number of carbonyl (C=O) groups is 1. The van der Waals surface area contributed by atoms with Crippen LogP contribution in [0.5, 0.6) is 0 Å². The molecule has 0 saturated carbocycles. The molecule has 3 N–H and O–H groups in total. The molecule has 0 spiro atoms. The largest absolute Gasteiger partial charge is 0.324 e. The lowest BCUT2D eigenvalue weighted by Crippen LogP contribution is -2.24. The van der Waals surface area contributed by atoms with Gasteiger partial charge in [0, 0.05) is 18.2 Å². The van der Waals surface area contributed by atoms with Crippen molar-refractivity contribution in [3.63, 3.8) is 0 Å². The van der Waals surface area contributed by atoms with Crippen LogP contribution in [0, 0.1) is 27.4 Å². The number of nitro groups is 1. The van der Waals surface area contributed by atoms with Gasteiger partial charge in [-0.3, -0.25) is 14.9 Å². The van der Waals surface area contributed by atoms with Crippen molar-refractivity contribution >= 4 is 17.3 Å². The fourth-order valence-corrected chi connectivity index (χ4v) is 1.99. The van der Waals surface area contributed by atoms with Crippen molar-refractivity contribution in [2.75, 3.05) is 5.32 Å². The first-order chi connectivity index (χ1) is 9.51. The maximum atomic E-state index is 12.0.